The Bertz CT molecular complexity index is 512. The number of fused-ring (bicyclic) bond motifs is 3. The molecule has 0 fully saturated rings. The summed E-state index contributed by atoms with van der Waals surface area (Å²) in [5.74, 6) is 0. The molecule has 0 spiro atoms. The number of nitrogens with two attached hydrogens (primary N) is 1. The van der Waals surface area contributed by atoms with E-state index in [1.807, 2.05) is 0 Å². The Morgan fingerprint density at radius 2 is 2.00 bits per heavy atom. The molecular weight excluding hydrogens is 210 g/mol. The topological polar surface area (TPSA) is 43.0 Å². The van der Waals surface area contributed by atoms with Crippen LogP contribution in [0.2, 0.25) is 0 Å². The van der Waals surface area contributed by atoms with Gasteiger partial charge in [-0.1, -0.05) is 18.2 Å². The zero-order chi connectivity index (χ0) is 11.7. The predicted octanol–water partition coefficient (Wildman–Crippen LogP) is 1.29. The van der Waals surface area contributed by atoms with Crippen LogP contribution in [0.3, 0.4) is 0 Å². The van der Waals surface area contributed by atoms with Crippen LogP contribution in [0, 0.1) is 0 Å². The highest BCUT2D eigenvalue weighted by atomic mass is 15.0. The van der Waals surface area contributed by atoms with Crippen molar-refractivity contribution in [3.8, 4) is 0 Å². The van der Waals surface area contributed by atoms with Crippen molar-refractivity contribution < 1.29 is 0 Å². The van der Waals surface area contributed by atoms with Crippen LogP contribution in [0.1, 0.15) is 11.3 Å². The van der Waals surface area contributed by atoms with E-state index >= 15 is 0 Å². The Hall–Kier alpha value is -1.32. The molecule has 2 heterocycles. The SMILES string of the molecule is NCCn1c2c(c3ccccc31)CCNCC2. The molecule has 0 aliphatic carbocycles. The molecule has 0 amide bonds. The van der Waals surface area contributed by atoms with Crippen molar-refractivity contribution in [3.63, 3.8) is 0 Å². The summed E-state index contributed by atoms with van der Waals surface area (Å²) < 4.78 is 2.41. The molecule has 2 aromatic rings. The molecule has 0 saturated heterocycles. The molecule has 0 unspecified atom stereocenters. The third kappa shape index (κ3) is 1.75. The lowest BCUT2D eigenvalue weighted by Gasteiger charge is -2.09. The second-order valence-corrected chi connectivity index (χ2v) is 4.63. The van der Waals surface area contributed by atoms with E-state index in [0.717, 1.165) is 32.5 Å². The first kappa shape index (κ1) is 10.8. The smallest absolute Gasteiger partial charge is 0.0485 e. The standard InChI is InChI=1S/C14H19N3/c15-7-10-17-13-4-2-1-3-11(13)12-5-8-16-9-6-14(12)17/h1-4,16H,5-10,15H2. The van der Waals surface area contributed by atoms with Crippen LogP contribution in [0.5, 0.6) is 0 Å². The van der Waals surface area contributed by atoms with E-state index in [1.165, 1.54) is 22.2 Å². The van der Waals surface area contributed by atoms with Crippen molar-refractivity contribution in [2.45, 2.75) is 19.4 Å². The van der Waals surface area contributed by atoms with E-state index < -0.39 is 0 Å². The number of benzene rings is 1. The molecule has 17 heavy (non-hydrogen) atoms. The predicted molar refractivity (Wildman–Crippen MR) is 71.3 cm³/mol. The maximum Gasteiger partial charge on any atom is 0.0485 e. The number of para-hydroxylation sites is 1. The highest BCUT2D eigenvalue weighted by Crippen LogP contribution is 2.27. The van der Waals surface area contributed by atoms with Crippen molar-refractivity contribution in [1.82, 2.24) is 9.88 Å². The molecule has 0 radical (unpaired) electrons. The molecule has 3 N–H and O–H groups in total. The van der Waals surface area contributed by atoms with Crippen molar-refractivity contribution in [2.24, 2.45) is 5.73 Å². The molecule has 3 nitrogen and oxygen atoms in total. The molecule has 0 atom stereocenters. The number of nitrogens with zero attached hydrogens (tertiary/aromatic N) is 1. The number of hydrogen-bond donors (Lipinski definition) is 2. The Morgan fingerprint density at radius 3 is 2.88 bits per heavy atom. The summed E-state index contributed by atoms with van der Waals surface area (Å²) in [5.41, 5.74) is 10.1. The van der Waals surface area contributed by atoms with Gasteiger partial charge in [0.2, 0.25) is 0 Å². The zero-order valence-corrected chi connectivity index (χ0v) is 10.1. The molecule has 3 rings (SSSR count). The van der Waals surface area contributed by atoms with Crippen molar-refractivity contribution in [2.75, 3.05) is 19.6 Å². The van der Waals surface area contributed by atoms with Gasteiger partial charge in [-0.3, -0.25) is 0 Å². The lowest BCUT2D eigenvalue weighted by Crippen LogP contribution is -2.18. The van der Waals surface area contributed by atoms with Gasteiger partial charge in [0.05, 0.1) is 0 Å². The summed E-state index contributed by atoms with van der Waals surface area (Å²) >= 11 is 0. The van der Waals surface area contributed by atoms with Gasteiger partial charge in [0.25, 0.3) is 0 Å². The number of nitrogens with one attached hydrogen (secondary N) is 1. The van der Waals surface area contributed by atoms with Crippen LogP contribution in [0.4, 0.5) is 0 Å². The third-order valence-electron chi connectivity index (χ3n) is 3.64. The summed E-state index contributed by atoms with van der Waals surface area (Å²) in [5, 5.41) is 4.89. The minimum Gasteiger partial charge on any atom is -0.343 e. The molecule has 1 aliphatic rings. The van der Waals surface area contributed by atoms with Gasteiger partial charge in [0.1, 0.15) is 0 Å². The van der Waals surface area contributed by atoms with E-state index in [4.69, 9.17) is 5.73 Å². The fourth-order valence-electron chi connectivity index (χ4n) is 2.92. The maximum absolute atomic E-state index is 5.75. The summed E-state index contributed by atoms with van der Waals surface area (Å²) in [6, 6.07) is 8.71. The molecule has 1 aromatic carbocycles. The lowest BCUT2D eigenvalue weighted by molar-refractivity contribution is 0.666. The minimum atomic E-state index is 0.707. The van der Waals surface area contributed by atoms with Gasteiger partial charge in [-0.2, -0.15) is 0 Å². The van der Waals surface area contributed by atoms with Gasteiger partial charge in [0, 0.05) is 42.7 Å². The van der Waals surface area contributed by atoms with Crippen molar-refractivity contribution in [1.29, 1.82) is 0 Å². The Kier molecular flexibility index (Phi) is 2.87. The maximum atomic E-state index is 5.75. The quantitative estimate of drug-likeness (QED) is 0.815. The van der Waals surface area contributed by atoms with Gasteiger partial charge < -0.3 is 15.6 Å². The molecule has 1 aliphatic heterocycles. The molecule has 90 valence electrons. The molecule has 3 heteroatoms. The van der Waals surface area contributed by atoms with Gasteiger partial charge >= 0.3 is 0 Å². The average molecular weight is 229 g/mol. The van der Waals surface area contributed by atoms with Crippen LogP contribution in [0.25, 0.3) is 10.9 Å². The molecular formula is C14H19N3. The monoisotopic (exact) mass is 229 g/mol. The fraction of sp³-hybridized carbons (Fsp3) is 0.429. The first-order chi connectivity index (χ1) is 8.42. The van der Waals surface area contributed by atoms with Crippen LogP contribution >= 0.6 is 0 Å². The summed E-state index contributed by atoms with van der Waals surface area (Å²) in [4.78, 5) is 0. The Labute approximate surface area is 102 Å². The average Bonchev–Trinajstić information content (AvgIpc) is 2.55. The normalized spacial score (nSPS) is 15.8. The Morgan fingerprint density at radius 1 is 1.18 bits per heavy atom. The lowest BCUT2D eigenvalue weighted by atomic mass is 10.1. The van der Waals surface area contributed by atoms with Crippen LogP contribution in [-0.4, -0.2) is 24.2 Å². The van der Waals surface area contributed by atoms with Gasteiger partial charge in [-0.25, -0.2) is 0 Å². The minimum absolute atomic E-state index is 0.707. The Balaban J connectivity index is 2.24. The molecule has 0 bridgehead atoms. The summed E-state index contributed by atoms with van der Waals surface area (Å²) in [6.45, 7) is 3.80. The van der Waals surface area contributed by atoms with Crippen LogP contribution < -0.4 is 11.1 Å². The van der Waals surface area contributed by atoms with E-state index in [-0.39, 0.29) is 0 Å². The molecule has 1 aromatic heterocycles. The van der Waals surface area contributed by atoms with E-state index in [0.29, 0.717) is 6.54 Å². The van der Waals surface area contributed by atoms with E-state index in [2.05, 4.69) is 34.1 Å². The number of hydrogen-bond acceptors (Lipinski definition) is 2. The second kappa shape index (κ2) is 4.51. The first-order valence-electron chi connectivity index (χ1n) is 6.41. The highest BCUT2D eigenvalue weighted by Gasteiger charge is 2.17. The van der Waals surface area contributed by atoms with E-state index in [1.54, 1.807) is 0 Å². The summed E-state index contributed by atoms with van der Waals surface area (Å²) in [7, 11) is 0. The zero-order valence-electron chi connectivity index (χ0n) is 10.1. The van der Waals surface area contributed by atoms with Gasteiger partial charge in [0.15, 0.2) is 0 Å². The van der Waals surface area contributed by atoms with E-state index in [9.17, 15) is 0 Å². The van der Waals surface area contributed by atoms with Crippen LogP contribution in [0.15, 0.2) is 24.3 Å². The second-order valence-electron chi connectivity index (χ2n) is 4.63. The highest BCUT2D eigenvalue weighted by molar-refractivity contribution is 5.85. The van der Waals surface area contributed by atoms with Crippen molar-refractivity contribution in [3.05, 3.63) is 35.5 Å². The van der Waals surface area contributed by atoms with Gasteiger partial charge in [-0.05, 0) is 24.6 Å². The van der Waals surface area contributed by atoms with Crippen LogP contribution in [-0.2, 0) is 19.4 Å². The summed E-state index contributed by atoms with van der Waals surface area (Å²) in [6.07, 6.45) is 2.25. The molecule has 0 saturated carbocycles. The fourth-order valence-corrected chi connectivity index (χ4v) is 2.92. The third-order valence-corrected chi connectivity index (χ3v) is 3.64. The largest absolute Gasteiger partial charge is 0.343 e. The van der Waals surface area contributed by atoms with Crippen molar-refractivity contribution >= 4 is 10.9 Å². The number of rotatable bonds is 2. The van der Waals surface area contributed by atoms with Gasteiger partial charge in [-0.15, -0.1) is 0 Å². The first-order valence-corrected chi connectivity index (χ1v) is 6.41. The number of aromatic nitrogens is 1.